The predicted octanol–water partition coefficient (Wildman–Crippen LogP) is 3.10. The Labute approximate surface area is 133 Å². The lowest BCUT2D eigenvalue weighted by atomic mass is 10.4. The van der Waals surface area contributed by atoms with E-state index in [1.54, 1.807) is 23.6 Å². The Kier molecular flexibility index (Phi) is 5.58. The molecule has 2 heterocycles. The van der Waals surface area contributed by atoms with E-state index in [9.17, 15) is 8.42 Å². The molecule has 0 atom stereocenters. The Balaban J connectivity index is 2.20. The Hall–Kier alpha value is -1.15. The number of pyridine rings is 1. The number of rotatable bonds is 7. The van der Waals surface area contributed by atoms with Gasteiger partial charge in [-0.25, -0.2) is 13.4 Å². The molecule has 0 radical (unpaired) electrons. The molecule has 0 fully saturated rings. The van der Waals surface area contributed by atoms with Crippen molar-refractivity contribution in [3.05, 3.63) is 39.7 Å². The van der Waals surface area contributed by atoms with Gasteiger partial charge in [-0.1, -0.05) is 18.5 Å². The summed E-state index contributed by atoms with van der Waals surface area (Å²) in [6.45, 7) is 3.43. The summed E-state index contributed by atoms with van der Waals surface area (Å²) in [5.41, 5.74) is 0. The van der Waals surface area contributed by atoms with Crippen LogP contribution in [0.5, 0.6) is 0 Å². The van der Waals surface area contributed by atoms with E-state index in [2.05, 4.69) is 21.9 Å². The highest BCUT2D eigenvalue weighted by Crippen LogP contribution is 2.26. The van der Waals surface area contributed by atoms with Crippen molar-refractivity contribution in [2.24, 2.45) is 0 Å². The Morgan fingerprint density at radius 2 is 2.19 bits per heavy atom. The molecule has 0 aromatic carbocycles. The summed E-state index contributed by atoms with van der Waals surface area (Å²) in [7, 11) is -3.69. The van der Waals surface area contributed by atoms with Crippen LogP contribution in [0.2, 0.25) is 5.02 Å². The van der Waals surface area contributed by atoms with Crippen molar-refractivity contribution >= 4 is 38.8 Å². The number of nitrogens with one attached hydrogen (secondary N) is 2. The highest BCUT2D eigenvalue weighted by Gasteiger charge is 2.21. The Morgan fingerprint density at radius 1 is 1.38 bits per heavy atom. The number of hydrogen-bond donors (Lipinski definition) is 2. The van der Waals surface area contributed by atoms with Gasteiger partial charge in [0, 0.05) is 17.6 Å². The van der Waals surface area contributed by atoms with Crippen LogP contribution in [-0.2, 0) is 16.6 Å². The Bertz CT molecular complexity index is 701. The number of halogens is 1. The van der Waals surface area contributed by atoms with E-state index < -0.39 is 10.0 Å². The normalized spacial score (nSPS) is 11.5. The smallest absolute Gasteiger partial charge is 0.264 e. The summed E-state index contributed by atoms with van der Waals surface area (Å²) < 4.78 is 27.3. The molecule has 5 nitrogen and oxygen atoms in total. The summed E-state index contributed by atoms with van der Waals surface area (Å²) in [6.07, 6.45) is 2.48. The molecule has 8 heteroatoms. The Morgan fingerprint density at radius 3 is 2.90 bits per heavy atom. The molecule has 2 aromatic heterocycles. The maximum Gasteiger partial charge on any atom is 0.264 e. The molecule has 0 aliphatic rings. The lowest BCUT2D eigenvalue weighted by Crippen LogP contribution is -2.18. The van der Waals surface area contributed by atoms with Gasteiger partial charge >= 0.3 is 0 Å². The first-order chi connectivity index (χ1) is 10.0. The molecule has 0 saturated heterocycles. The molecule has 2 aromatic rings. The zero-order chi connectivity index (χ0) is 15.3. The van der Waals surface area contributed by atoms with Crippen molar-refractivity contribution in [1.29, 1.82) is 0 Å². The van der Waals surface area contributed by atoms with Crippen molar-refractivity contribution in [2.75, 3.05) is 11.3 Å². The second-order valence-electron chi connectivity index (χ2n) is 4.32. The van der Waals surface area contributed by atoms with E-state index >= 15 is 0 Å². The van der Waals surface area contributed by atoms with Gasteiger partial charge in [0.25, 0.3) is 10.0 Å². The number of aromatic nitrogens is 1. The van der Waals surface area contributed by atoms with Crippen LogP contribution in [0.25, 0.3) is 0 Å². The van der Waals surface area contributed by atoms with Gasteiger partial charge in [0.05, 0.1) is 5.02 Å². The minimum Gasteiger partial charge on any atom is -0.312 e. The molecule has 2 rings (SSSR count). The average Bonchev–Trinajstić information content (AvgIpc) is 2.91. The fraction of sp³-hybridized carbons (Fsp3) is 0.308. The van der Waals surface area contributed by atoms with Crippen LogP contribution in [0, 0.1) is 0 Å². The van der Waals surface area contributed by atoms with E-state index in [4.69, 9.17) is 11.6 Å². The summed E-state index contributed by atoms with van der Waals surface area (Å²) in [4.78, 5) is 4.97. The molecular formula is C13H16ClN3O2S2. The first-order valence-corrected chi connectivity index (χ1v) is 9.19. The van der Waals surface area contributed by atoms with Gasteiger partial charge < -0.3 is 5.32 Å². The highest BCUT2D eigenvalue weighted by atomic mass is 35.5. The fourth-order valence-corrected chi connectivity index (χ4v) is 4.39. The van der Waals surface area contributed by atoms with E-state index in [0.717, 1.165) is 17.8 Å². The molecule has 21 heavy (non-hydrogen) atoms. The van der Waals surface area contributed by atoms with Crippen molar-refractivity contribution in [1.82, 2.24) is 10.3 Å². The topological polar surface area (TPSA) is 71.1 Å². The molecule has 2 N–H and O–H groups in total. The van der Waals surface area contributed by atoms with Crippen LogP contribution < -0.4 is 10.0 Å². The molecule has 0 aliphatic carbocycles. The van der Waals surface area contributed by atoms with Gasteiger partial charge in [0.2, 0.25) is 0 Å². The van der Waals surface area contributed by atoms with Gasteiger partial charge in [0.15, 0.2) is 5.82 Å². The third-order valence-corrected chi connectivity index (χ3v) is 5.47. The second-order valence-corrected chi connectivity index (χ2v) is 7.38. The highest BCUT2D eigenvalue weighted by molar-refractivity contribution is 7.93. The molecule has 114 valence electrons. The molecule has 0 aliphatic heterocycles. The number of hydrogen-bond acceptors (Lipinski definition) is 5. The van der Waals surface area contributed by atoms with Crippen LogP contribution in [0.4, 0.5) is 5.82 Å². The summed E-state index contributed by atoms with van der Waals surface area (Å²) in [6, 6.07) is 4.82. The van der Waals surface area contributed by atoms with Gasteiger partial charge in [-0.2, -0.15) is 0 Å². The number of sulfonamides is 1. The van der Waals surface area contributed by atoms with E-state index in [0.29, 0.717) is 6.54 Å². The average molecular weight is 346 g/mol. The van der Waals surface area contributed by atoms with Crippen LogP contribution in [-0.4, -0.2) is 19.9 Å². The third-order valence-electron chi connectivity index (χ3n) is 2.70. The monoisotopic (exact) mass is 345 g/mol. The van der Waals surface area contributed by atoms with Crippen LogP contribution in [0.1, 0.15) is 18.2 Å². The summed E-state index contributed by atoms with van der Waals surface area (Å²) >= 11 is 7.34. The zero-order valence-corrected chi connectivity index (χ0v) is 13.9. The lowest BCUT2D eigenvalue weighted by Gasteiger charge is -2.09. The number of nitrogens with zero attached hydrogens (tertiary/aromatic N) is 1. The van der Waals surface area contributed by atoms with Crippen LogP contribution in [0.3, 0.4) is 0 Å². The molecule has 0 spiro atoms. The van der Waals surface area contributed by atoms with Crippen LogP contribution in [0.15, 0.2) is 34.7 Å². The minimum atomic E-state index is -3.69. The molecular weight excluding hydrogens is 330 g/mol. The zero-order valence-electron chi connectivity index (χ0n) is 11.5. The van der Waals surface area contributed by atoms with Crippen molar-refractivity contribution in [2.45, 2.75) is 24.8 Å². The minimum absolute atomic E-state index is 0.137. The molecule has 0 unspecified atom stereocenters. The van der Waals surface area contributed by atoms with Crippen LogP contribution >= 0.6 is 22.9 Å². The predicted molar refractivity (Wildman–Crippen MR) is 86.4 cm³/mol. The maximum atomic E-state index is 12.4. The van der Waals surface area contributed by atoms with Gasteiger partial charge in [-0.05, 0) is 36.5 Å². The number of thiophene rings is 1. The lowest BCUT2D eigenvalue weighted by molar-refractivity contribution is 0.598. The van der Waals surface area contributed by atoms with Gasteiger partial charge in [-0.15, -0.1) is 11.3 Å². The summed E-state index contributed by atoms with van der Waals surface area (Å²) in [5, 5.41) is 5.23. The maximum absolute atomic E-state index is 12.4. The largest absolute Gasteiger partial charge is 0.312 e. The van der Waals surface area contributed by atoms with Gasteiger partial charge in [-0.3, -0.25) is 4.72 Å². The first-order valence-electron chi connectivity index (χ1n) is 6.45. The number of anilines is 1. The third kappa shape index (κ3) is 4.16. The first kappa shape index (κ1) is 16.2. The molecule has 0 bridgehead atoms. The second kappa shape index (κ2) is 7.22. The summed E-state index contributed by atoms with van der Waals surface area (Å²) in [5.74, 6) is 0.137. The standard InChI is InChI=1S/C13H16ClN3O2S2/c1-2-6-15-9-11-12(5-8-20-11)21(18,19)17-13-10(14)4-3-7-16-13/h3-5,7-8,15H,2,6,9H2,1H3,(H,16,17). The van der Waals surface area contributed by atoms with Crippen molar-refractivity contribution in [3.8, 4) is 0 Å². The van der Waals surface area contributed by atoms with Crippen molar-refractivity contribution < 1.29 is 8.42 Å². The fourth-order valence-electron chi connectivity index (χ4n) is 1.72. The van der Waals surface area contributed by atoms with Crippen molar-refractivity contribution in [3.63, 3.8) is 0 Å². The van der Waals surface area contributed by atoms with E-state index in [-0.39, 0.29) is 15.7 Å². The van der Waals surface area contributed by atoms with E-state index in [1.807, 2.05) is 0 Å². The quantitative estimate of drug-likeness (QED) is 0.756. The van der Waals surface area contributed by atoms with E-state index in [1.165, 1.54) is 17.5 Å². The SMILES string of the molecule is CCCNCc1sccc1S(=O)(=O)Nc1ncccc1Cl. The van der Waals surface area contributed by atoms with Gasteiger partial charge in [0.1, 0.15) is 4.90 Å². The molecule has 0 saturated carbocycles. The molecule has 0 amide bonds.